The van der Waals surface area contributed by atoms with Crippen LogP contribution in [0.5, 0.6) is 5.75 Å². The number of phenols is 1. The molecule has 5 rings (SSSR count). The summed E-state index contributed by atoms with van der Waals surface area (Å²) in [6, 6.07) is 12.3. The van der Waals surface area contributed by atoms with Gasteiger partial charge in [-0.25, -0.2) is 4.79 Å². The topological polar surface area (TPSA) is 363 Å². The Labute approximate surface area is 441 Å². The normalized spacial score (nSPS) is 16.0. The highest BCUT2D eigenvalue weighted by atomic mass is 16.4. The number of carbonyl (C=O) groups is 9. The summed E-state index contributed by atoms with van der Waals surface area (Å²) in [4.78, 5) is 127. The summed E-state index contributed by atoms with van der Waals surface area (Å²) in [7, 11) is 0. The van der Waals surface area contributed by atoms with E-state index in [9.17, 15) is 53.4 Å². The second kappa shape index (κ2) is 28.7. The molecule has 15 N–H and O–H groups in total. The molecule has 76 heavy (non-hydrogen) atoms. The summed E-state index contributed by atoms with van der Waals surface area (Å²) in [5.74, 6) is -7.47. The molecule has 1 aromatic heterocycles. The lowest BCUT2D eigenvalue weighted by Gasteiger charge is -2.31. The van der Waals surface area contributed by atoms with Crippen LogP contribution in [0.1, 0.15) is 88.8 Å². The summed E-state index contributed by atoms with van der Waals surface area (Å²) < 4.78 is 0. The molecule has 8 amide bonds. The number of unbranched alkanes of at least 4 members (excludes halogenated alkanes) is 1. The largest absolute Gasteiger partial charge is 0.508 e. The van der Waals surface area contributed by atoms with E-state index in [-0.39, 0.29) is 69.6 Å². The number of benzene rings is 3. The fourth-order valence-corrected chi connectivity index (χ4v) is 9.04. The van der Waals surface area contributed by atoms with Crippen molar-refractivity contribution in [1.29, 1.82) is 0 Å². The Balaban J connectivity index is 1.36. The summed E-state index contributed by atoms with van der Waals surface area (Å²) in [5, 5.41) is 36.6. The van der Waals surface area contributed by atoms with E-state index in [0.717, 1.165) is 16.5 Å². The zero-order valence-electron chi connectivity index (χ0n) is 43.2. The van der Waals surface area contributed by atoms with Gasteiger partial charge in [0.15, 0.2) is 0 Å². The molecule has 22 nitrogen and oxygen atoms in total. The van der Waals surface area contributed by atoms with Gasteiger partial charge in [-0.05, 0) is 106 Å². The Morgan fingerprint density at radius 3 is 1.96 bits per heavy atom. The number of amides is 8. The second-order valence-corrected chi connectivity index (χ2v) is 19.7. The molecular formula is C54H73N11O11. The van der Waals surface area contributed by atoms with Crippen LogP contribution < -0.4 is 49.1 Å². The summed E-state index contributed by atoms with van der Waals surface area (Å²) >= 11 is 0. The molecule has 410 valence electrons. The highest BCUT2D eigenvalue weighted by Crippen LogP contribution is 2.24. The zero-order chi connectivity index (χ0) is 55.5. The number of aromatic nitrogens is 1. The molecule has 1 saturated heterocycles. The number of nitrogens with two attached hydrogens (primary N) is 3. The molecule has 4 aromatic rings. The van der Waals surface area contributed by atoms with Gasteiger partial charge < -0.3 is 69.2 Å². The number of nitrogens with one attached hydrogen (secondary N) is 7. The SMILES string of the molecule is CC(C)C[C@H](NC(=O)[C@H](Cc1ccc(O)cc1)NC(=O)[C@H](CCC(N)=O)NC(=O)[C@@H]1CCCN1C(=O)[C@H](Cc1c[nH]c2ccccc12)NC(=O)[C@H](C)NC(=O)[C@@H](N)Cc1ccccc1)C(=O)N[C@@H](CCCCN)C(=O)O. The number of fused-ring (bicyclic) bond motifs is 1. The van der Waals surface area contributed by atoms with Crippen LogP contribution in [0.15, 0.2) is 85.1 Å². The van der Waals surface area contributed by atoms with Crippen molar-refractivity contribution in [3.63, 3.8) is 0 Å². The highest BCUT2D eigenvalue weighted by Gasteiger charge is 2.40. The number of aromatic amines is 1. The van der Waals surface area contributed by atoms with Gasteiger partial charge in [-0.3, -0.25) is 38.4 Å². The van der Waals surface area contributed by atoms with Crippen LogP contribution in [-0.4, -0.2) is 135 Å². The lowest BCUT2D eigenvalue weighted by Crippen LogP contribution is -2.60. The van der Waals surface area contributed by atoms with Crippen molar-refractivity contribution in [2.75, 3.05) is 13.1 Å². The Kier molecular flexibility index (Phi) is 22.3. The van der Waals surface area contributed by atoms with E-state index in [1.807, 2.05) is 54.6 Å². The average molecular weight is 1050 g/mol. The molecule has 1 fully saturated rings. The Morgan fingerprint density at radius 2 is 1.29 bits per heavy atom. The van der Waals surface area contributed by atoms with E-state index in [0.29, 0.717) is 36.9 Å². The number of carbonyl (C=O) groups excluding carboxylic acids is 8. The first kappa shape index (κ1) is 59.0. The quantitative estimate of drug-likeness (QED) is 0.0333. The predicted octanol–water partition coefficient (Wildman–Crippen LogP) is 0.674. The van der Waals surface area contributed by atoms with Crippen LogP contribution in [0.3, 0.4) is 0 Å². The van der Waals surface area contributed by atoms with Gasteiger partial charge in [0.1, 0.15) is 48.0 Å². The van der Waals surface area contributed by atoms with Crippen LogP contribution in [-0.2, 0) is 62.4 Å². The standard InChI is InChI=1S/C54H73N11O11/c1-31(2)26-42(50(71)61-41(54(75)76)16-9-10-24-55)62-51(72)43(28-34-18-20-36(66)21-19-34)63-49(70)40(22-23-46(57)67)60-52(73)45-17-11-25-65(45)53(74)44(29-35-30-58-39-15-8-7-14-37(35)39)64-47(68)32(3)59-48(69)38(56)27-33-12-5-4-6-13-33/h4-8,12-15,18-21,30-32,38,40-45,58,66H,9-11,16-17,22-29,55-56H2,1-3H3,(H2,57,67)(H,59,69)(H,60,73)(H,61,71)(H,62,72)(H,63,70)(H,64,68)(H,75,76)/t32-,38-,40-,41-,42-,43-,44-,45-/m0/s1. The number of H-pyrrole nitrogens is 1. The first-order valence-corrected chi connectivity index (χ1v) is 25.7. The molecule has 0 saturated carbocycles. The van der Waals surface area contributed by atoms with Crippen LogP contribution >= 0.6 is 0 Å². The van der Waals surface area contributed by atoms with Crippen molar-refractivity contribution < 1.29 is 53.4 Å². The molecule has 0 radical (unpaired) electrons. The average Bonchev–Trinajstić information content (AvgIpc) is 4.05. The van der Waals surface area contributed by atoms with Gasteiger partial charge >= 0.3 is 5.97 Å². The summed E-state index contributed by atoms with van der Waals surface area (Å²) in [5.41, 5.74) is 20.1. The van der Waals surface area contributed by atoms with Gasteiger partial charge in [0.2, 0.25) is 47.3 Å². The van der Waals surface area contributed by atoms with Crippen molar-refractivity contribution in [2.45, 2.75) is 140 Å². The predicted molar refractivity (Wildman–Crippen MR) is 282 cm³/mol. The maximum Gasteiger partial charge on any atom is 0.326 e. The third-order valence-electron chi connectivity index (χ3n) is 13.2. The first-order valence-electron chi connectivity index (χ1n) is 25.7. The van der Waals surface area contributed by atoms with Gasteiger partial charge in [0.05, 0.1) is 6.04 Å². The summed E-state index contributed by atoms with van der Waals surface area (Å²) in [6.45, 7) is 5.49. The number of primary amides is 1. The number of rotatable bonds is 29. The van der Waals surface area contributed by atoms with Crippen LogP contribution in [0.2, 0.25) is 0 Å². The third kappa shape index (κ3) is 17.6. The van der Waals surface area contributed by atoms with Crippen molar-refractivity contribution in [2.24, 2.45) is 23.1 Å². The molecule has 0 spiro atoms. The molecule has 0 bridgehead atoms. The number of nitrogens with zero attached hydrogens (tertiary/aromatic N) is 1. The van der Waals surface area contributed by atoms with Crippen molar-refractivity contribution in [3.05, 3.63) is 102 Å². The fourth-order valence-electron chi connectivity index (χ4n) is 9.04. The Hall–Kier alpha value is -7.85. The number of aromatic hydroxyl groups is 1. The number of carboxylic acid groups (broad SMARTS) is 1. The minimum absolute atomic E-state index is 0.0175. The molecule has 1 aliphatic rings. The lowest BCUT2D eigenvalue weighted by molar-refractivity contribution is -0.143. The van der Waals surface area contributed by atoms with Crippen molar-refractivity contribution in [1.82, 2.24) is 41.8 Å². The molecular weight excluding hydrogens is 979 g/mol. The monoisotopic (exact) mass is 1050 g/mol. The number of carboxylic acids is 1. The minimum atomic E-state index is -1.49. The van der Waals surface area contributed by atoms with E-state index in [1.54, 1.807) is 20.0 Å². The number of para-hydroxylation sites is 1. The van der Waals surface area contributed by atoms with Crippen LogP contribution in [0.25, 0.3) is 10.9 Å². The Bertz CT molecular complexity index is 2650. The molecule has 22 heteroatoms. The maximum absolute atomic E-state index is 14.8. The second-order valence-electron chi connectivity index (χ2n) is 19.7. The molecule has 0 aliphatic carbocycles. The van der Waals surface area contributed by atoms with E-state index in [2.05, 4.69) is 36.9 Å². The van der Waals surface area contributed by atoms with Gasteiger partial charge in [0, 0.05) is 42.9 Å². The molecule has 0 unspecified atom stereocenters. The molecule has 3 aromatic carbocycles. The zero-order valence-corrected chi connectivity index (χ0v) is 43.2. The van der Waals surface area contributed by atoms with E-state index >= 15 is 0 Å². The number of hydrogen-bond donors (Lipinski definition) is 12. The minimum Gasteiger partial charge on any atom is -0.508 e. The molecule has 2 heterocycles. The van der Waals surface area contributed by atoms with Gasteiger partial charge in [-0.15, -0.1) is 0 Å². The first-order chi connectivity index (χ1) is 36.2. The van der Waals surface area contributed by atoms with E-state index < -0.39 is 102 Å². The van der Waals surface area contributed by atoms with Crippen LogP contribution in [0, 0.1) is 5.92 Å². The van der Waals surface area contributed by atoms with E-state index in [4.69, 9.17) is 17.2 Å². The number of hydrogen-bond acceptors (Lipinski definition) is 12. The summed E-state index contributed by atoms with van der Waals surface area (Å²) in [6.07, 6.45) is 2.70. The Morgan fingerprint density at radius 1 is 0.671 bits per heavy atom. The maximum atomic E-state index is 14.8. The van der Waals surface area contributed by atoms with E-state index in [1.165, 1.54) is 36.1 Å². The fraction of sp³-hybridized carbons (Fsp3) is 0.463. The van der Waals surface area contributed by atoms with Gasteiger partial charge in [-0.2, -0.15) is 0 Å². The van der Waals surface area contributed by atoms with Crippen LogP contribution in [0.4, 0.5) is 0 Å². The molecule has 1 aliphatic heterocycles. The van der Waals surface area contributed by atoms with Crippen molar-refractivity contribution in [3.8, 4) is 5.75 Å². The number of aliphatic carboxylic acids is 1. The lowest BCUT2D eigenvalue weighted by atomic mass is 10.00. The number of likely N-dealkylation sites (tertiary alicyclic amines) is 1. The molecule has 8 atom stereocenters. The van der Waals surface area contributed by atoms with Gasteiger partial charge in [-0.1, -0.05) is 74.5 Å². The van der Waals surface area contributed by atoms with Crippen molar-refractivity contribution >= 4 is 64.1 Å². The highest BCUT2D eigenvalue weighted by molar-refractivity contribution is 5.98. The van der Waals surface area contributed by atoms with Gasteiger partial charge in [0.25, 0.3) is 0 Å². The smallest absolute Gasteiger partial charge is 0.326 e. The third-order valence-corrected chi connectivity index (χ3v) is 13.2. The number of phenolic OH excluding ortho intramolecular Hbond substituents is 1.